The molecule has 0 aromatic rings. The van der Waals surface area contributed by atoms with Crippen molar-refractivity contribution in [1.29, 1.82) is 0 Å². The molecule has 0 saturated heterocycles. The van der Waals surface area contributed by atoms with Gasteiger partial charge in [0, 0.05) is 12.6 Å². The summed E-state index contributed by atoms with van der Waals surface area (Å²) in [6, 6.07) is -0.436. The van der Waals surface area contributed by atoms with Gasteiger partial charge in [-0.25, -0.2) is 8.42 Å². The minimum atomic E-state index is -3.04. The van der Waals surface area contributed by atoms with Crippen molar-refractivity contribution < 1.29 is 13.5 Å². The molecule has 0 aliphatic carbocycles. The van der Waals surface area contributed by atoms with Crippen LogP contribution < -0.4 is 5.73 Å². The zero-order chi connectivity index (χ0) is 10.5. The van der Waals surface area contributed by atoms with E-state index in [0.717, 1.165) is 0 Å². The summed E-state index contributed by atoms with van der Waals surface area (Å²) in [5.74, 6) is 0.282. The Kier molecular flexibility index (Phi) is 5.51. The van der Waals surface area contributed by atoms with Crippen LogP contribution in [-0.4, -0.2) is 37.7 Å². The third kappa shape index (κ3) is 6.98. The van der Waals surface area contributed by atoms with Crippen molar-refractivity contribution in [2.75, 3.05) is 18.1 Å². The molecule has 80 valence electrons. The van der Waals surface area contributed by atoms with Gasteiger partial charge < -0.3 is 10.8 Å². The first-order valence-corrected chi connectivity index (χ1v) is 6.26. The van der Waals surface area contributed by atoms with E-state index < -0.39 is 15.9 Å². The maximum Gasteiger partial charge on any atom is 0.152 e. The molecular weight excluding hydrogens is 190 g/mol. The Balaban J connectivity index is 4.02. The van der Waals surface area contributed by atoms with Crippen molar-refractivity contribution in [3.05, 3.63) is 0 Å². The topological polar surface area (TPSA) is 80.4 Å². The Hall–Kier alpha value is -0.130. The van der Waals surface area contributed by atoms with Crippen LogP contribution in [0.4, 0.5) is 0 Å². The molecule has 0 spiro atoms. The van der Waals surface area contributed by atoms with Crippen molar-refractivity contribution in [3.8, 4) is 0 Å². The second-order valence-corrected chi connectivity index (χ2v) is 5.90. The van der Waals surface area contributed by atoms with Gasteiger partial charge in [-0.05, 0) is 12.3 Å². The number of hydrogen-bond donors (Lipinski definition) is 2. The smallest absolute Gasteiger partial charge is 0.152 e. The van der Waals surface area contributed by atoms with Gasteiger partial charge in [-0.2, -0.15) is 0 Å². The van der Waals surface area contributed by atoms with Crippen molar-refractivity contribution in [1.82, 2.24) is 0 Å². The predicted octanol–water partition coefficient (Wildman–Crippen LogP) is -0.233. The molecule has 0 saturated carbocycles. The molecule has 0 aromatic carbocycles. The summed E-state index contributed by atoms with van der Waals surface area (Å²) in [5.41, 5.74) is 5.51. The molecule has 1 atom stereocenters. The second kappa shape index (κ2) is 5.57. The van der Waals surface area contributed by atoms with Crippen molar-refractivity contribution >= 4 is 9.84 Å². The highest BCUT2D eigenvalue weighted by Crippen LogP contribution is 2.03. The Morgan fingerprint density at radius 1 is 1.31 bits per heavy atom. The maximum atomic E-state index is 11.4. The molecule has 13 heavy (non-hydrogen) atoms. The molecule has 0 aliphatic rings. The van der Waals surface area contributed by atoms with Crippen LogP contribution in [0.3, 0.4) is 0 Å². The average Bonchev–Trinajstić information content (AvgIpc) is 1.81. The van der Waals surface area contributed by atoms with Crippen LogP contribution in [0.1, 0.15) is 20.3 Å². The summed E-state index contributed by atoms with van der Waals surface area (Å²) in [6.45, 7) is 3.66. The Morgan fingerprint density at radius 3 is 2.23 bits per heavy atom. The first-order valence-electron chi connectivity index (χ1n) is 4.44. The summed E-state index contributed by atoms with van der Waals surface area (Å²) in [6.07, 6.45) is 0.345. The molecule has 0 heterocycles. The van der Waals surface area contributed by atoms with Gasteiger partial charge in [0.15, 0.2) is 9.84 Å². The van der Waals surface area contributed by atoms with E-state index in [9.17, 15) is 8.42 Å². The minimum Gasteiger partial charge on any atom is -0.396 e. The Bertz CT molecular complexity index is 224. The standard InChI is InChI=1S/C8H19NO3S/c1-7(2)5-13(11,12)6-8(9)3-4-10/h7-8,10H,3-6,9H2,1-2H3. The van der Waals surface area contributed by atoms with E-state index in [2.05, 4.69) is 0 Å². The molecule has 0 aromatic heterocycles. The van der Waals surface area contributed by atoms with Crippen molar-refractivity contribution in [3.63, 3.8) is 0 Å². The van der Waals surface area contributed by atoms with Gasteiger partial charge >= 0.3 is 0 Å². The van der Waals surface area contributed by atoms with Crippen LogP contribution in [-0.2, 0) is 9.84 Å². The van der Waals surface area contributed by atoms with Gasteiger partial charge in [-0.1, -0.05) is 13.8 Å². The Labute approximate surface area is 80.1 Å². The molecule has 0 bridgehead atoms. The normalized spacial score (nSPS) is 14.8. The first-order chi connectivity index (χ1) is 5.87. The fourth-order valence-corrected chi connectivity index (χ4v) is 3.12. The van der Waals surface area contributed by atoms with Gasteiger partial charge in [-0.3, -0.25) is 0 Å². The summed E-state index contributed by atoms with van der Waals surface area (Å²) < 4.78 is 22.7. The zero-order valence-corrected chi connectivity index (χ0v) is 9.05. The molecule has 0 rings (SSSR count). The lowest BCUT2D eigenvalue weighted by Crippen LogP contribution is -2.32. The van der Waals surface area contributed by atoms with Gasteiger partial charge in [-0.15, -0.1) is 0 Å². The number of hydrogen-bond acceptors (Lipinski definition) is 4. The predicted molar refractivity (Wildman–Crippen MR) is 53.2 cm³/mol. The highest BCUT2D eigenvalue weighted by Gasteiger charge is 2.17. The lowest BCUT2D eigenvalue weighted by atomic mass is 10.3. The zero-order valence-electron chi connectivity index (χ0n) is 8.23. The number of aliphatic hydroxyl groups excluding tert-OH is 1. The van der Waals surface area contributed by atoms with Crippen LogP contribution >= 0.6 is 0 Å². The van der Waals surface area contributed by atoms with Crippen molar-refractivity contribution in [2.24, 2.45) is 11.7 Å². The van der Waals surface area contributed by atoms with E-state index in [-0.39, 0.29) is 24.0 Å². The Morgan fingerprint density at radius 2 is 1.85 bits per heavy atom. The van der Waals surface area contributed by atoms with Gasteiger partial charge in [0.25, 0.3) is 0 Å². The molecule has 3 N–H and O–H groups in total. The number of nitrogens with two attached hydrogens (primary N) is 1. The molecular formula is C8H19NO3S. The quantitative estimate of drug-likeness (QED) is 0.633. The summed E-state index contributed by atoms with van der Waals surface area (Å²) in [7, 11) is -3.04. The highest BCUT2D eigenvalue weighted by atomic mass is 32.2. The number of rotatable bonds is 6. The first kappa shape index (κ1) is 12.9. The van der Waals surface area contributed by atoms with Crippen LogP contribution in [0, 0.1) is 5.92 Å². The van der Waals surface area contributed by atoms with Crippen LogP contribution in [0.15, 0.2) is 0 Å². The van der Waals surface area contributed by atoms with Gasteiger partial charge in [0.1, 0.15) is 0 Å². The van der Waals surface area contributed by atoms with Crippen LogP contribution in [0.5, 0.6) is 0 Å². The van der Waals surface area contributed by atoms with E-state index in [4.69, 9.17) is 10.8 Å². The van der Waals surface area contributed by atoms with Gasteiger partial charge in [0.2, 0.25) is 0 Å². The molecule has 0 fully saturated rings. The monoisotopic (exact) mass is 209 g/mol. The second-order valence-electron chi connectivity index (χ2n) is 3.74. The molecule has 5 heteroatoms. The average molecular weight is 209 g/mol. The fraction of sp³-hybridized carbons (Fsp3) is 1.00. The van der Waals surface area contributed by atoms with E-state index in [1.807, 2.05) is 13.8 Å². The largest absolute Gasteiger partial charge is 0.396 e. The number of sulfone groups is 1. The highest BCUT2D eigenvalue weighted by molar-refractivity contribution is 7.91. The lowest BCUT2D eigenvalue weighted by Gasteiger charge is -2.11. The molecule has 4 nitrogen and oxygen atoms in total. The third-order valence-corrected chi connectivity index (χ3v) is 3.67. The van der Waals surface area contributed by atoms with Gasteiger partial charge in [0.05, 0.1) is 11.5 Å². The van der Waals surface area contributed by atoms with Crippen LogP contribution in [0.2, 0.25) is 0 Å². The van der Waals surface area contributed by atoms with Crippen LogP contribution in [0.25, 0.3) is 0 Å². The number of aliphatic hydroxyl groups is 1. The molecule has 1 unspecified atom stereocenters. The minimum absolute atomic E-state index is 0.0221. The summed E-state index contributed by atoms with van der Waals surface area (Å²) >= 11 is 0. The molecule has 0 aliphatic heterocycles. The summed E-state index contributed by atoms with van der Waals surface area (Å²) in [4.78, 5) is 0. The van der Waals surface area contributed by atoms with E-state index in [1.54, 1.807) is 0 Å². The molecule has 0 amide bonds. The van der Waals surface area contributed by atoms with E-state index in [0.29, 0.717) is 6.42 Å². The van der Waals surface area contributed by atoms with E-state index in [1.165, 1.54) is 0 Å². The van der Waals surface area contributed by atoms with E-state index >= 15 is 0 Å². The maximum absolute atomic E-state index is 11.4. The molecule has 0 radical (unpaired) electrons. The SMILES string of the molecule is CC(C)CS(=O)(=O)CC(N)CCO. The summed E-state index contributed by atoms with van der Waals surface area (Å²) in [5, 5.41) is 8.54. The lowest BCUT2D eigenvalue weighted by molar-refractivity contribution is 0.279. The van der Waals surface area contributed by atoms with Crippen molar-refractivity contribution in [2.45, 2.75) is 26.3 Å². The third-order valence-electron chi connectivity index (χ3n) is 1.56. The fourth-order valence-electron chi connectivity index (χ4n) is 1.15.